The van der Waals surface area contributed by atoms with Gasteiger partial charge in [0, 0.05) is 18.6 Å². The SMILES string of the molecule is CC(C)N1CCC[C@@H](N(C)C)C1. The molecule has 1 heterocycles. The second kappa shape index (κ2) is 4.24. The van der Waals surface area contributed by atoms with Gasteiger partial charge in [-0.1, -0.05) is 0 Å². The topological polar surface area (TPSA) is 6.48 Å². The Labute approximate surface area is 76.5 Å². The van der Waals surface area contributed by atoms with Gasteiger partial charge in [-0.15, -0.1) is 0 Å². The summed E-state index contributed by atoms with van der Waals surface area (Å²) in [4.78, 5) is 4.93. The number of likely N-dealkylation sites (tertiary alicyclic amines) is 1. The number of hydrogen-bond acceptors (Lipinski definition) is 2. The van der Waals surface area contributed by atoms with Gasteiger partial charge in [0.25, 0.3) is 0 Å². The lowest BCUT2D eigenvalue weighted by Crippen LogP contribution is -2.47. The molecule has 0 unspecified atom stereocenters. The van der Waals surface area contributed by atoms with Crippen LogP contribution in [0, 0.1) is 0 Å². The Morgan fingerprint density at radius 3 is 2.50 bits per heavy atom. The molecule has 1 fully saturated rings. The number of piperidine rings is 1. The first-order valence-corrected chi connectivity index (χ1v) is 5.01. The molecule has 1 aliphatic rings. The first-order chi connectivity index (χ1) is 5.61. The minimum absolute atomic E-state index is 0.716. The highest BCUT2D eigenvalue weighted by Gasteiger charge is 2.22. The van der Waals surface area contributed by atoms with Gasteiger partial charge in [0.15, 0.2) is 0 Å². The zero-order valence-corrected chi connectivity index (χ0v) is 8.88. The summed E-state index contributed by atoms with van der Waals surface area (Å²) in [5.41, 5.74) is 0. The van der Waals surface area contributed by atoms with Crippen LogP contribution < -0.4 is 0 Å². The number of hydrogen-bond donors (Lipinski definition) is 0. The van der Waals surface area contributed by atoms with E-state index in [-0.39, 0.29) is 0 Å². The van der Waals surface area contributed by atoms with E-state index in [1.54, 1.807) is 0 Å². The van der Waals surface area contributed by atoms with Crippen molar-refractivity contribution >= 4 is 0 Å². The third kappa shape index (κ3) is 2.46. The molecule has 2 nitrogen and oxygen atoms in total. The van der Waals surface area contributed by atoms with Gasteiger partial charge in [0.2, 0.25) is 0 Å². The third-order valence-corrected chi connectivity index (χ3v) is 2.89. The van der Waals surface area contributed by atoms with Crippen molar-refractivity contribution in [3.8, 4) is 0 Å². The van der Waals surface area contributed by atoms with Crippen molar-refractivity contribution < 1.29 is 0 Å². The molecule has 0 aromatic rings. The Morgan fingerprint density at radius 1 is 1.33 bits per heavy atom. The maximum absolute atomic E-state index is 2.58. The second-order valence-electron chi connectivity index (χ2n) is 4.35. The number of rotatable bonds is 2. The van der Waals surface area contributed by atoms with Gasteiger partial charge in [-0.05, 0) is 47.3 Å². The number of nitrogens with zero attached hydrogens (tertiary/aromatic N) is 2. The maximum atomic E-state index is 2.58. The average molecular weight is 170 g/mol. The molecule has 0 aromatic carbocycles. The van der Waals surface area contributed by atoms with Gasteiger partial charge in [-0.2, -0.15) is 0 Å². The fourth-order valence-electron chi connectivity index (χ4n) is 1.87. The molecule has 1 atom stereocenters. The van der Waals surface area contributed by atoms with Crippen molar-refractivity contribution in [3.05, 3.63) is 0 Å². The molecular weight excluding hydrogens is 148 g/mol. The molecule has 1 saturated heterocycles. The second-order valence-corrected chi connectivity index (χ2v) is 4.35. The van der Waals surface area contributed by atoms with Crippen LogP contribution in [-0.4, -0.2) is 49.1 Å². The van der Waals surface area contributed by atoms with Gasteiger partial charge < -0.3 is 4.90 Å². The molecule has 2 heteroatoms. The van der Waals surface area contributed by atoms with E-state index in [0.29, 0.717) is 6.04 Å². The highest BCUT2D eigenvalue weighted by Crippen LogP contribution is 2.15. The van der Waals surface area contributed by atoms with E-state index in [1.807, 2.05) is 0 Å². The van der Waals surface area contributed by atoms with Crippen LogP contribution in [0.3, 0.4) is 0 Å². The Balaban J connectivity index is 2.40. The molecule has 1 rings (SSSR count). The van der Waals surface area contributed by atoms with Gasteiger partial charge in [-0.25, -0.2) is 0 Å². The lowest BCUT2D eigenvalue weighted by Gasteiger charge is -2.38. The van der Waals surface area contributed by atoms with Crippen molar-refractivity contribution in [3.63, 3.8) is 0 Å². The van der Waals surface area contributed by atoms with Crippen LogP contribution in [0.2, 0.25) is 0 Å². The molecule has 72 valence electrons. The van der Waals surface area contributed by atoms with Crippen LogP contribution in [0.4, 0.5) is 0 Å². The maximum Gasteiger partial charge on any atom is 0.0217 e. The Morgan fingerprint density at radius 2 is 2.00 bits per heavy atom. The molecule has 0 amide bonds. The molecule has 0 saturated carbocycles. The minimum Gasteiger partial charge on any atom is -0.305 e. The fourth-order valence-corrected chi connectivity index (χ4v) is 1.87. The highest BCUT2D eigenvalue weighted by molar-refractivity contribution is 4.79. The lowest BCUT2D eigenvalue weighted by molar-refractivity contribution is 0.109. The summed E-state index contributed by atoms with van der Waals surface area (Å²) >= 11 is 0. The van der Waals surface area contributed by atoms with Crippen molar-refractivity contribution in [1.82, 2.24) is 9.80 Å². The van der Waals surface area contributed by atoms with E-state index in [2.05, 4.69) is 37.7 Å². The lowest BCUT2D eigenvalue weighted by atomic mass is 10.0. The van der Waals surface area contributed by atoms with Crippen LogP contribution in [-0.2, 0) is 0 Å². The number of likely N-dealkylation sites (N-methyl/N-ethyl adjacent to an activating group) is 1. The highest BCUT2D eigenvalue weighted by atomic mass is 15.2. The summed E-state index contributed by atoms with van der Waals surface area (Å²) in [5.74, 6) is 0. The van der Waals surface area contributed by atoms with Crippen molar-refractivity contribution in [1.29, 1.82) is 0 Å². The third-order valence-electron chi connectivity index (χ3n) is 2.89. The molecule has 0 bridgehead atoms. The minimum atomic E-state index is 0.716. The first-order valence-electron chi connectivity index (χ1n) is 5.01. The van der Waals surface area contributed by atoms with E-state index in [1.165, 1.54) is 25.9 Å². The predicted molar refractivity (Wildman–Crippen MR) is 53.4 cm³/mol. The van der Waals surface area contributed by atoms with Crippen molar-refractivity contribution in [2.24, 2.45) is 0 Å². The first kappa shape index (κ1) is 10.0. The summed E-state index contributed by atoms with van der Waals surface area (Å²) in [5, 5.41) is 0. The van der Waals surface area contributed by atoms with E-state index >= 15 is 0 Å². The van der Waals surface area contributed by atoms with Crippen molar-refractivity contribution in [2.45, 2.75) is 38.8 Å². The summed E-state index contributed by atoms with van der Waals surface area (Å²) in [6, 6.07) is 1.49. The van der Waals surface area contributed by atoms with E-state index in [9.17, 15) is 0 Å². The van der Waals surface area contributed by atoms with Crippen molar-refractivity contribution in [2.75, 3.05) is 27.2 Å². The zero-order chi connectivity index (χ0) is 9.14. The summed E-state index contributed by atoms with van der Waals surface area (Å²) in [6.45, 7) is 7.13. The van der Waals surface area contributed by atoms with Gasteiger partial charge in [0.05, 0.1) is 0 Å². The molecule has 0 aromatic heterocycles. The Hall–Kier alpha value is -0.0800. The zero-order valence-electron chi connectivity index (χ0n) is 8.88. The van der Waals surface area contributed by atoms with Crippen LogP contribution in [0.15, 0.2) is 0 Å². The molecular formula is C10H22N2. The van der Waals surface area contributed by atoms with Crippen LogP contribution in [0.25, 0.3) is 0 Å². The van der Waals surface area contributed by atoms with E-state index in [0.717, 1.165) is 6.04 Å². The Bertz CT molecular complexity index is 118. The molecule has 1 aliphatic heterocycles. The van der Waals surface area contributed by atoms with Crippen LogP contribution in [0.1, 0.15) is 26.7 Å². The summed E-state index contributed by atoms with van der Waals surface area (Å²) < 4.78 is 0. The van der Waals surface area contributed by atoms with Gasteiger partial charge in [-0.3, -0.25) is 4.90 Å². The van der Waals surface area contributed by atoms with Gasteiger partial charge >= 0.3 is 0 Å². The molecule has 0 spiro atoms. The Kier molecular flexibility index (Phi) is 3.53. The standard InChI is InChI=1S/C10H22N2/c1-9(2)12-7-5-6-10(8-12)11(3)4/h9-10H,5-8H2,1-4H3/t10-/m1/s1. The smallest absolute Gasteiger partial charge is 0.0217 e. The molecule has 0 N–H and O–H groups in total. The van der Waals surface area contributed by atoms with Crippen LogP contribution >= 0.6 is 0 Å². The summed E-state index contributed by atoms with van der Waals surface area (Å²) in [7, 11) is 4.38. The molecule has 0 aliphatic carbocycles. The fraction of sp³-hybridized carbons (Fsp3) is 1.00. The predicted octanol–water partition coefficient (Wildman–Crippen LogP) is 1.42. The van der Waals surface area contributed by atoms with Crippen LogP contribution in [0.5, 0.6) is 0 Å². The van der Waals surface area contributed by atoms with E-state index < -0.39 is 0 Å². The monoisotopic (exact) mass is 170 g/mol. The summed E-state index contributed by atoms with van der Waals surface area (Å²) in [6.07, 6.45) is 2.73. The normalized spacial score (nSPS) is 27.0. The molecule has 12 heavy (non-hydrogen) atoms. The van der Waals surface area contributed by atoms with Gasteiger partial charge in [0.1, 0.15) is 0 Å². The average Bonchev–Trinajstić information content (AvgIpc) is 2.04. The molecule has 0 radical (unpaired) electrons. The quantitative estimate of drug-likeness (QED) is 0.618. The largest absolute Gasteiger partial charge is 0.305 e. The van der Waals surface area contributed by atoms with E-state index in [4.69, 9.17) is 0 Å².